The van der Waals surface area contributed by atoms with Crippen LogP contribution in [0.15, 0.2) is 60.7 Å². The zero-order valence-electron chi connectivity index (χ0n) is 38.0. The summed E-state index contributed by atoms with van der Waals surface area (Å²) in [6, 6.07) is 16.9. The van der Waals surface area contributed by atoms with Gasteiger partial charge in [-0.1, -0.05) is 38.8 Å². The summed E-state index contributed by atoms with van der Waals surface area (Å²) in [5.74, 6) is -2.78. The van der Waals surface area contributed by atoms with E-state index in [9.17, 15) is 34.3 Å². The first-order chi connectivity index (χ1) is 31.2. The minimum absolute atomic E-state index is 0.0418. The van der Waals surface area contributed by atoms with Gasteiger partial charge >= 0.3 is 0 Å². The third kappa shape index (κ3) is 12.6. The van der Waals surface area contributed by atoms with Crippen LogP contribution in [-0.4, -0.2) is 88.5 Å². The van der Waals surface area contributed by atoms with E-state index in [0.29, 0.717) is 51.8 Å². The molecule has 2 heterocycles. The van der Waals surface area contributed by atoms with Crippen molar-refractivity contribution in [1.29, 1.82) is 5.26 Å². The Kier molecular flexibility index (Phi) is 17.9. The maximum Gasteiger partial charge on any atom is 0.226 e. The molecule has 1 aliphatic rings. The summed E-state index contributed by atoms with van der Waals surface area (Å²) in [5.41, 5.74) is 15.4. The number of nitriles is 1. The largest absolute Gasteiger partial charge is 0.507 e. The molecule has 5 rings (SSSR count). The van der Waals surface area contributed by atoms with E-state index in [-0.39, 0.29) is 81.1 Å². The topological polar surface area (TPSA) is 241 Å². The number of fused-ring (bicyclic) bond motifs is 5. The highest BCUT2D eigenvalue weighted by Crippen LogP contribution is 2.40. The second kappa shape index (κ2) is 23.4. The minimum Gasteiger partial charge on any atom is -0.507 e. The monoisotopic (exact) mass is 887 g/mol. The number of nitrogens with zero attached hydrogens (tertiary/aromatic N) is 4. The summed E-state index contributed by atoms with van der Waals surface area (Å²) in [5, 5.41) is 23.3. The summed E-state index contributed by atoms with van der Waals surface area (Å²) in [6.07, 6.45) is 2.66. The molecule has 3 aromatic carbocycles. The SMILES string of the molecule is CCCCCOc1ccc(-c2nc(C)c(C(=O)C[C@@H](CCN)C(=O)N(C)[C@@H]3C(=O)C[C@@H](C)C(=O)N[C@H](C(=O)CCC#N)Cc4ccc(OCCN)c(c4)-c4cc3ccc4O)c(C)n2)cc1. The van der Waals surface area contributed by atoms with Crippen molar-refractivity contribution in [3.63, 3.8) is 0 Å². The predicted molar refractivity (Wildman–Crippen MR) is 246 cm³/mol. The number of carbonyl (C=O) groups is 5. The van der Waals surface area contributed by atoms with Gasteiger partial charge in [0.05, 0.1) is 35.7 Å². The number of nitrogens with two attached hydrogens (primary N) is 2. The zero-order valence-corrected chi connectivity index (χ0v) is 38.0. The van der Waals surface area contributed by atoms with Gasteiger partial charge in [0.2, 0.25) is 11.8 Å². The Balaban J connectivity index is 1.48. The fourth-order valence-electron chi connectivity index (χ4n) is 8.18. The molecule has 344 valence electrons. The molecule has 0 spiro atoms. The van der Waals surface area contributed by atoms with Crippen LogP contribution in [0.4, 0.5) is 0 Å². The molecule has 0 unspecified atom stereocenters. The number of aromatic hydroxyl groups is 1. The fraction of sp³-hybridized carbons (Fsp3) is 0.440. The summed E-state index contributed by atoms with van der Waals surface area (Å²) in [6.45, 7) is 8.19. The number of aromatic nitrogens is 2. The van der Waals surface area contributed by atoms with Crippen molar-refractivity contribution >= 4 is 29.2 Å². The normalized spacial score (nSPS) is 16.7. The molecule has 15 nitrogen and oxygen atoms in total. The first-order valence-electron chi connectivity index (χ1n) is 22.3. The number of phenols is 1. The smallest absolute Gasteiger partial charge is 0.226 e. The van der Waals surface area contributed by atoms with E-state index in [1.54, 1.807) is 51.1 Å². The minimum atomic E-state index is -1.28. The lowest BCUT2D eigenvalue weighted by molar-refractivity contribution is -0.142. The molecular weight excluding hydrogens is 827 g/mol. The van der Waals surface area contributed by atoms with Crippen LogP contribution in [0.2, 0.25) is 0 Å². The average molecular weight is 888 g/mol. The van der Waals surface area contributed by atoms with E-state index in [2.05, 4.69) is 22.2 Å². The number of phenolic OH excluding ortho intramolecular Hbond substituents is 1. The van der Waals surface area contributed by atoms with Gasteiger partial charge in [-0.05, 0) is 99.3 Å². The number of rotatable bonds is 19. The Hall–Kier alpha value is -6.50. The zero-order chi connectivity index (χ0) is 47.2. The third-order valence-corrected chi connectivity index (χ3v) is 11.6. The first-order valence-corrected chi connectivity index (χ1v) is 22.3. The molecular formula is C50H61N7O8. The van der Waals surface area contributed by atoms with Crippen molar-refractivity contribution in [3.8, 4) is 45.8 Å². The first kappa shape index (κ1) is 49.5. The molecule has 0 fully saturated rings. The Labute approximate surface area is 380 Å². The Morgan fingerprint density at radius 1 is 0.938 bits per heavy atom. The van der Waals surface area contributed by atoms with Crippen LogP contribution in [0.3, 0.4) is 0 Å². The second-order valence-electron chi connectivity index (χ2n) is 16.6. The van der Waals surface area contributed by atoms with Gasteiger partial charge in [-0.3, -0.25) is 24.0 Å². The summed E-state index contributed by atoms with van der Waals surface area (Å²) < 4.78 is 11.8. The highest BCUT2D eigenvalue weighted by Gasteiger charge is 2.36. The van der Waals surface area contributed by atoms with Crippen LogP contribution in [-0.2, 0) is 25.6 Å². The number of ketones is 3. The number of ether oxygens (including phenoxy) is 2. The predicted octanol–water partition coefficient (Wildman–Crippen LogP) is 6.29. The molecule has 0 saturated heterocycles. The molecule has 0 saturated carbocycles. The van der Waals surface area contributed by atoms with Gasteiger partial charge in [0, 0.05) is 67.8 Å². The summed E-state index contributed by atoms with van der Waals surface area (Å²) in [4.78, 5) is 81.2. The molecule has 0 aliphatic carbocycles. The fourth-order valence-corrected chi connectivity index (χ4v) is 8.18. The van der Waals surface area contributed by atoms with Crippen molar-refractivity contribution in [2.24, 2.45) is 23.3 Å². The van der Waals surface area contributed by atoms with E-state index >= 15 is 0 Å². The van der Waals surface area contributed by atoms with E-state index < -0.39 is 41.5 Å². The highest BCUT2D eigenvalue weighted by molar-refractivity contribution is 6.01. The van der Waals surface area contributed by atoms with E-state index in [4.69, 9.17) is 20.9 Å². The second-order valence-corrected chi connectivity index (χ2v) is 16.6. The number of benzene rings is 3. The number of hydrogen-bond acceptors (Lipinski definition) is 13. The lowest BCUT2D eigenvalue weighted by Crippen LogP contribution is -2.46. The molecule has 4 atom stereocenters. The highest BCUT2D eigenvalue weighted by atomic mass is 16.5. The van der Waals surface area contributed by atoms with Crippen molar-refractivity contribution < 1.29 is 38.6 Å². The standard InChI is InChI=1S/C50H61N7O8/c1-6-7-8-23-64-37-15-12-34(13-16-37)48-54-31(3)46(32(4)55-48)43(60)29-36(19-21-52)50(63)57(5)47-35-14-17-41(58)38(28-35)39-26-33(11-18-45(39)65-24-22-53)27-40(42(59)10-9-20-51)56-49(62)30(2)25-44(47)61/h11-18,26,28,30,36,40,47,58H,6-10,19,21-25,27,29,52-53H2,1-5H3,(H,56,62)/t30-,36-,40+,47+/m1/s1. The lowest BCUT2D eigenvalue weighted by atomic mass is 9.88. The quantitative estimate of drug-likeness (QED) is 0.0599. The van der Waals surface area contributed by atoms with Gasteiger partial charge in [-0.15, -0.1) is 0 Å². The van der Waals surface area contributed by atoms with Gasteiger partial charge in [-0.2, -0.15) is 5.26 Å². The van der Waals surface area contributed by atoms with Crippen LogP contribution < -0.4 is 26.3 Å². The van der Waals surface area contributed by atoms with Crippen molar-refractivity contribution in [2.75, 3.05) is 33.4 Å². The van der Waals surface area contributed by atoms with Crippen LogP contribution in [0, 0.1) is 37.0 Å². The van der Waals surface area contributed by atoms with Crippen molar-refractivity contribution in [2.45, 2.75) is 97.6 Å². The maximum absolute atomic E-state index is 14.7. The third-order valence-electron chi connectivity index (χ3n) is 11.6. The lowest BCUT2D eigenvalue weighted by Gasteiger charge is -2.32. The van der Waals surface area contributed by atoms with Gasteiger partial charge in [0.25, 0.3) is 0 Å². The number of aryl methyl sites for hydroxylation is 2. The molecule has 1 aromatic heterocycles. The Bertz CT molecular complexity index is 2370. The number of unbranched alkanes of at least 4 members (excludes halogenated alkanes) is 2. The number of carbonyl (C=O) groups excluding carboxylic acids is 5. The Morgan fingerprint density at radius 3 is 2.32 bits per heavy atom. The number of likely N-dealkylation sites (N-methyl/N-ethyl adjacent to an activating group) is 1. The number of nitrogens with one attached hydrogen (secondary N) is 1. The molecule has 1 aliphatic heterocycles. The summed E-state index contributed by atoms with van der Waals surface area (Å²) >= 11 is 0. The number of hydrogen-bond donors (Lipinski definition) is 4. The molecule has 4 aromatic rings. The van der Waals surface area contributed by atoms with Crippen LogP contribution in [0.25, 0.3) is 22.5 Å². The van der Waals surface area contributed by atoms with Crippen LogP contribution >= 0.6 is 0 Å². The van der Waals surface area contributed by atoms with Crippen LogP contribution in [0.1, 0.15) is 104 Å². The van der Waals surface area contributed by atoms with Gasteiger partial charge < -0.3 is 36.3 Å². The van der Waals surface area contributed by atoms with E-state index in [0.717, 1.165) is 30.6 Å². The maximum atomic E-state index is 14.7. The Morgan fingerprint density at radius 2 is 1.66 bits per heavy atom. The van der Waals surface area contributed by atoms with Gasteiger partial charge in [0.15, 0.2) is 23.2 Å². The van der Waals surface area contributed by atoms with E-state index in [1.807, 2.05) is 30.3 Å². The van der Waals surface area contributed by atoms with Crippen molar-refractivity contribution in [3.05, 3.63) is 88.7 Å². The molecule has 2 amide bonds. The molecule has 65 heavy (non-hydrogen) atoms. The molecule has 6 N–H and O–H groups in total. The van der Waals surface area contributed by atoms with Gasteiger partial charge in [-0.25, -0.2) is 9.97 Å². The van der Waals surface area contributed by atoms with Crippen molar-refractivity contribution in [1.82, 2.24) is 20.2 Å². The molecule has 0 radical (unpaired) electrons. The molecule has 4 bridgehead atoms. The molecule has 15 heteroatoms. The summed E-state index contributed by atoms with van der Waals surface area (Å²) in [7, 11) is 1.47. The van der Waals surface area contributed by atoms with Crippen LogP contribution in [0.5, 0.6) is 17.2 Å². The number of Topliss-reactive ketones (excluding diaryl/α,β-unsaturated/α-hetero) is 3. The average Bonchev–Trinajstić information content (AvgIpc) is 3.28. The van der Waals surface area contributed by atoms with Gasteiger partial charge in [0.1, 0.15) is 29.9 Å². The van der Waals surface area contributed by atoms with E-state index in [1.165, 1.54) is 18.0 Å². The number of amides is 2.